The molecule has 0 saturated carbocycles. The number of halogens is 4. The Hall–Kier alpha value is -3.34. The molecule has 0 spiro atoms. The van der Waals surface area contributed by atoms with E-state index in [1.807, 2.05) is 0 Å². The van der Waals surface area contributed by atoms with Crippen molar-refractivity contribution in [3.05, 3.63) is 51.5 Å². The van der Waals surface area contributed by atoms with Crippen molar-refractivity contribution >= 4 is 46.9 Å². The van der Waals surface area contributed by atoms with E-state index in [0.717, 1.165) is 10.6 Å². The third-order valence-corrected chi connectivity index (χ3v) is 5.76. The number of benzene rings is 2. The van der Waals surface area contributed by atoms with E-state index < -0.39 is 31.0 Å². The van der Waals surface area contributed by atoms with Crippen LogP contribution < -0.4 is 15.1 Å². The second-order valence-electron chi connectivity index (χ2n) is 7.61. The first-order valence-electron chi connectivity index (χ1n) is 10.7. The Morgan fingerprint density at radius 1 is 1.38 bits per heavy atom. The summed E-state index contributed by atoms with van der Waals surface area (Å²) in [5.74, 6) is 0.431. The minimum absolute atomic E-state index is 0.0105. The summed E-state index contributed by atoms with van der Waals surface area (Å²) in [6.07, 6.45) is -2.94. The zero-order valence-corrected chi connectivity index (χ0v) is 20.8. The van der Waals surface area contributed by atoms with Crippen molar-refractivity contribution in [1.82, 2.24) is 10.2 Å². The Morgan fingerprint density at radius 3 is 2.68 bits per heavy atom. The number of aldehydes is 1. The number of aliphatic hydroxyl groups is 1. The van der Waals surface area contributed by atoms with Gasteiger partial charge in [0.05, 0.1) is 15.7 Å². The molecule has 2 aromatic rings. The standard InChI is InChI=1S/C23H21Cl2F2N5O5/c1-29-23(35)32(30-14(9-28)10-33)15-7-18(24)21(19(25)8-15)37-16-2-3-17-13(6-16)4-5-31(22(17)34)12-36-11-20(26)27/h2-3,6-8,10,20,22,34H,4-5,11-12H2,1H3,(H,29,35)/b30-14-. The second kappa shape index (κ2) is 12.8. The summed E-state index contributed by atoms with van der Waals surface area (Å²) in [5.41, 5.74) is 0.872. The molecule has 196 valence electrons. The molecule has 0 bridgehead atoms. The van der Waals surface area contributed by atoms with Gasteiger partial charge in [0.1, 0.15) is 31.4 Å². The van der Waals surface area contributed by atoms with Crippen LogP contribution in [0.15, 0.2) is 35.4 Å². The maximum atomic E-state index is 12.3. The number of hydrogen-bond donors (Lipinski definition) is 2. The summed E-state index contributed by atoms with van der Waals surface area (Å²) >= 11 is 12.7. The number of nitrogens with one attached hydrogen (secondary N) is 1. The number of fused-ring (bicyclic) bond motifs is 1. The van der Waals surface area contributed by atoms with Crippen molar-refractivity contribution in [2.45, 2.75) is 19.1 Å². The van der Waals surface area contributed by atoms with Gasteiger partial charge in [-0.2, -0.15) is 10.3 Å². The molecule has 0 fully saturated rings. The van der Waals surface area contributed by atoms with Gasteiger partial charge in [-0.3, -0.25) is 9.69 Å². The van der Waals surface area contributed by atoms with E-state index in [-0.39, 0.29) is 34.5 Å². The topological polar surface area (TPSA) is 127 Å². The molecule has 1 aliphatic heterocycles. The van der Waals surface area contributed by atoms with E-state index in [1.54, 1.807) is 24.3 Å². The van der Waals surface area contributed by atoms with E-state index in [0.29, 0.717) is 24.3 Å². The average molecular weight is 556 g/mol. The van der Waals surface area contributed by atoms with Gasteiger partial charge in [-0.1, -0.05) is 29.3 Å². The van der Waals surface area contributed by atoms with Crippen molar-refractivity contribution in [2.75, 3.05) is 31.9 Å². The Balaban J connectivity index is 1.82. The average Bonchev–Trinajstić information content (AvgIpc) is 2.87. The number of carbonyl (C=O) groups is 2. The summed E-state index contributed by atoms with van der Waals surface area (Å²) in [7, 11) is 1.33. The number of alkyl halides is 2. The largest absolute Gasteiger partial charge is 0.454 e. The second-order valence-corrected chi connectivity index (χ2v) is 8.42. The molecule has 1 heterocycles. The predicted octanol–water partition coefficient (Wildman–Crippen LogP) is 4.10. The SMILES string of the molecule is CNC(=O)N(/N=C(/C#N)C=O)c1cc(Cl)c(Oc2ccc3c(c2)CCN(COCC(F)F)C3O)c(Cl)c1. The van der Waals surface area contributed by atoms with Crippen LogP contribution in [0.25, 0.3) is 0 Å². The molecule has 1 aliphatic rings. The van der Waals surface area contributed by atoms with Gasteiger partial charge in [0.15, 0.2) is 12.0 Å². The highest BCUT2D eigenvalue weighted by Crippen LogP contribution is 2.41. The molecule has 14 heteroatoms. The highest BCUT2D eigenvalue weighted by molar-refractivity contribution is 6.38. The van der Waals surface area contributed by atoms with E-state index >= 15 is 0 Å². The lowest BCUT2D eigenvalue weighted by atomic mass is 9.98. The third-order valence-electron chi connectivity index (χ3n) is 5.20. The van der Waals surface area contributed by atoms with E-state index in [9.17, 15) is 23.5 Å². The molecule has 0 saturated heterocycles. The van der Waals surface area contributed by atoms with Gasteiger partial charge < -0.3 is 19.9 Å². The number of anilines is 1. The highest BCUT2D eigenvalue weighted by Gasteiger charge is 2.27. The molecule has 1 unspecified atom stereocenters. The Kier molecular flexibility index (Phi) is 9.73. The first-order chi connectivity index (χ1) is 17.7. The van der Waals surface area contributed by atoms with Crippen LogP contribution in [-0.2, 0) is 16.0 Å². The summed E-state index contributed by atoms with van der Waals surface area (Å²) in [4.78, 5) is 24.8. The smallest absolute Gasteiger partial charge is 0.342 e. The van der Waals surface area contributed by atoms with Gasteiger partial charge in [0.25, 0.3) is 6.43 Å². The fourth-order valence-electron chi connectivity index (χ4n) is 3.48. The number of carbonyl (C=O) groups excluding carboxylic acids is 2. The zero-order valence-electron chi connectivity index (χ0n) is 19.3. The van der Waals surface area contributed by atoms with Gasteiger partial charge in [-0.15, -0.1) is 5.10 Å². The van der Waals surface area contributed by atoms with Crippen molar-refractivity contribution in [2.24, 2.45) is 5.10 Å². The highest BCUT2D eigenvalue weighted by atomic mass is 35.5. The minimum Gasteiger partial charge on any atom is -0.454 e. The number of urea groups is 1. The first-order valence-corrected chi connectivity index (χ1v) is 11.5. The lowest BCUT2D eigenvalue weighted by Gasteiger charge is -2.33. The van der Waals surface area contributed by atoms with Gasteiger partial charge >= 0.3 is 6.03 Å². The molecule has 0 aliphatic carbocycles. The van der Waals surface area contributed by atoms with Crippen LogP contribution in [0.2, 0.25) is 10.0 Å². The quantitative estimate of drug-likeness (QED) is 0.271. The molecule has 37 heavy (non-hydrogen) atoms. The number of ether oxygens (including phenoxy) is 2. The van der Waals surface area contributed by atoms with Gasteiger partial charge in [0, 0.05) is 13.6 Å². The predicted molar refractivity (Wildman–Crippen MR) is 131 cm³/mol. The molecule has 0 aromatic heterocycles. The maximum absolute atomic E-state index is 12.3. The summed E-state index contributed by atoms with van der Waals surface area (Å²) in [6.45, 7) is -0.480. The van der Waals surface area contributed by atoms with Crippen LogP contribution in [0.3, 0.4) is 0 Å². The number of aliphatic hydroxyl groups excluding tert-OH is 1. The number of hydrazone groups is 1. The maximum Gasteiger partial charge on any atom is 0.342 e. The van der Waals surface area contributed by atoms with E-state index in [1.165, 1.54) is 24.1 Å². The minimum atomic E-state index is -2.59. The molecule has 1 atom stereocenters. The normalized spacial score (nSPS) is 15.6. The van der Waals surface area contributed by atoms with Crippen LogP contribution in [0.5, 0.6) is 11.5 Å². The van der Waals surface area contributed by atoms with Crippen molar-refractivity contribution in [3.8, 4) is 17.6 Å². The lowest BCUT2D eigenvalue weighted by Crippen LogP contribution is -2.37. The summed E-state index contributed by atoms with van der Waals surface area (Å²) in [6, 6.07) is 8.36. The Bertz CT molecular complexity index is 1220. The van der Waals surface area contributed by atoms with Crippen molar-refractivity contribution in [3.63, 3.8) is 0 Å². The fraction of sp³-hybridized carbons (Fsp3) is 0.304. The van der Waals surface area contributed by atoms with E-state index in [2.05, 4.69) is 10.4 Å². The monoisotopic (exact) mass is 555 g/mol. The summed E-state index contributed by atoms with van der Waals surface area (Å²) in [5, 5.41) is 26.4. The molecule has 3 rings (SSSR count). The van der Waals surface area contributed by atoms with Crippen LogP contribution in [0.1, 0.15) is 17.4 Å². The lowest BCUT2D eigenvalue weighted by molar-refractivity contribution is -0.102. The third kappa shape index (κ3) is 6.91. The molecular weight excluding hydrogens is 535 g/mol. The molecule has 2 amide bonds. The fourth-order valence-corrected chi connectivity index (χ4v) is 4.03. The van der Waals surface area contributed by atoms with Gasteiger partial charge in [-0.05, 0) is 41.8 Å². The molecule has 2 aromatic carbocycles. The molecular formula is C23H21Cl2F2N5O5. The number of nitrogens with zero attached hydrogens (tertiary/aromatic N) is 4. The molecule has 2 N–H and O–H groups in total. The van der Waals surface area contributed by atoms with Gasteiger partial charge in [-0.25, -0.2) is 13.6 Å². The Morgan fingerprint density at radius 2 is 2.08 bits per heavy atom. The van der Waals surface area contributed by atoms with Crippen LogP contribution in [0, 0.1) is 11.3 Å². The molecule has 10 nitrogen and oxygen atoms in total. The van der Waals surface area contributed by atoms with Crippen LogP contribution in [-0.4, -0.2) is 61.4 Å². The summed E-state index contributed by atoms with van der Waals surface area (Å²) < 4.78 is 35.4. The number of hydrogen-bond acceptors (Lipinski definition) is 8. The Labute approximate surface area is 220 Å². The first kappa shape index (κ1) is 28.2. The van der Waals surface area contributed by atoms with Gasteiger partial charge in [0.2, 0.25) is 5.71 Å². The van der Waals surface area contributed by atoms with E-state index in [4.69, 9.17) is 37.9 Å². The number of amides is 2. The van der Waals surface area contributed by atoms with Crippen LogP contribution >= 0.6 is 23.2 Å². The molecule has 0 radical (unpaired) electrons. The van der Waals surface area contributed by atoms with Crippen LogP contribution in [0.4, 0.5) is 19.3 Å². The number of rotatable bonds is 9. The number of nitriles is 1. The van der Waals surface area contributed by atoms with Crippen molar-refractivity contribution in [1.29, 1.82) is 5.26 Å². The zero-order chi connectivity index (χ0) is 27.1. The van der Waals surface area contributed by atoms with Crippen molar-refractivity contribution < 1.29 is 33.0 Å².